The number of rotatable bonds is 6. The molecule has 210 valence electrons. The van der Waals surface area contributed by atoms with Gasteiger partial charge < -0.3 is 25.0 Å². The van der Waals surface area contributed by atoms with Crippen molar-refractivity contribution in [3.05, 3.63) is 53.2 Å². The average Bonchev–Trinajstić information content (AvgIpc) is 2.83. The Kier molecular flexibility index (Phi) is 7.72. The van der Waals surface area contributed by atoms with E-state index >= 15 is 4.39 Å². The SMILES string of the molecule is Cc1nc(N[C@H](C)c2cccc(C(F)(F)C(C)(C)O)c2F)c2cc(OC(=O)N3CCN(C)C[C@H]3C)ncc2n1. The number of nitrogens with one attached hydrogen (secondary N) is 1. The predicted molar refractivity (Wildman–Crippen MR) is 140 cm³/mol. The summed E-state index contributed by atoms with van der Waals surface area (Å²) in [5.74, 6) is -4.22. The molecule has 1 aliphatic rings. The zero-order valence-corrected chi connectivity index (χ0v) is 22.8. The van der Waals surface area contributed by atoms with Gasteiger partial charge in [-0.15, -0.1) is 0 Å². The van der Waals surface area contributed by atoms with E-state index in [2.05, 4.69) is 25.2 Å². The number of carbonyl (C=O) groups is 1. The molecule has 0 spiro atoms. The normalized spacial score (nSPS) is 17.8. The van der Waals surface area contributed by atoms with Crippen LogP contribution in [0.25, 0.3) is 10.9 Å². The standard InChI is InChI=1S/C27H33F3N6O3/c1-15-14-35(6)10-11-36(15)25(37)39-22-12-19-21(13-31-22)33-17(3)34-24(19)32-16(2)18-8-7-9-20(23(18)28)27(29,30)26(4,5)38/h7-9,12-13,15-16,38H,10-11,14H2,1-6H3,(H,32,33,34)/t15-,16-/m1/s1. The highest BCUT2D eigenvalue weighted by Crippen LogP contribution is 2.41. The van der Waals surface area contributed by atoms with Crippen LogP contribution in [0.2, 0.25) is 0 Å². The van der Waals surface area contributed by atoms with E-state index in [9.17, 15) is 18.7 Å². The Morgan fingerprint density at radius 1 is 1.26 bits per heavy atom. The van der Waals surface area contributed by atoms with E-state index in [1.165, 1.54) is 24.4 Å². The lowest BCUT2D eigenvalue weighted by Gasteiger charge is -2.37. The molecule has 3 aromatic rings. The summed E-state index contributed by atoms with van der Waals surface area (Å²) in [5, 5.41) is 13.5. The van der Waals surface area contributed by atoms with E-state index in [0.717, 1.165) is 33.0 Å². The van der Waals surface area contributed by atoms with Gasteiger partial charge in [0.1, 0.15) is 23.1 Å². The van der Waals surface area contributed by atoms with Gasteiger partial charge in [0.25, 0.3) is 0 Å². The molecule has 1 aliphatic heterocycles. The molecule has 2 N–H and O–H groups in total. The number of aromatic nitrogens is 3. The van der Waals surface area contributed by atoms with Crippen molar-refractivity contribution < 1.29 is 27.8 Å². The fourth-order valence-electron chi connectivity index (χ4n) is 4.59. The third kappa shape index (κ3) is 5.76. The van der Waals surface area contributed by atoms with Crippen LogP contribution < -0.4 is 10.1 Å². The number of aliphatic hydroxyl groups is 1. The number of pyridine rings is 1. The summed E-state index contributed by atoms with van der Waals surface area (Å²) in [6.07, 6.45) is 0.922. The van der Waals surface area contributed by atoms with Crippen LogP contribution in [-0.2, 0) is 5.92 Å². The number of aryl methyl sites for hydroxylation is 1. The number of benzene rings is 1. The lowest BCUT2D eigenvalue weighted by Crippen LogP contribution is -2.53. The Labute approximate surface area is 225 Å². The fraction of sp³-hybridized carbons (Fsp3) is 0.481. The second kappa shape index (κ2) is 10.6. The summed E-state index contributed by atoms with van der Waals surface area (Å²) in [6, 6.07) is 4.34. The van der Waals surface area contributed by atoms with Gasteiger partial charge in [0.15, 0.2) is 0 Å². The van der Waals surface area contributed by atoms with E-state index < -0.39 is 35.0 Å². The molecule has 9 nitrogen and oxygen atoms in total. The summed E-state index contributed by atoms with van der Waals surface area (Å²) in [6.45, 7) is 9.04. The summed E-state index contributed by atoms with van der Waals surface area (Å²) in [5.41, 5.74) is -2.95. The molecule has 1 amide bonds. The van der Waals surface area contributed by atoms with Crippen LogP contribution in [0.1, 0.15) is 50.7 Å². The van der Waals surface area contributed by atoms with Crippen molar-refractivity contribution in [1.82, 2.24) is 24.8 Å². The molecule has 0 aliphatic carbocycles. The van der Waals surface area contributed by atoms with Crippen molar-refractivity contribution in [2.24, 2.45) is 0 Å². The average molecular weight is 547 g/mol. The van der Waals surface area contributed by atoms with Gasteiger partial charge in [0.05, 0.1) is 23.3 Å². The Morgan fingerprint density at radius 3 is 2.64 bits per heavy atom. The van der Waals surface area contributed by atoms with Gasteiger partial charge >= 0.3 is 12.0 Å². The molecule has 2 atom stereocenters. The van der Waals surface area contributed by atoms with E-state index in [0.29, 0.717) is 23.3 Å². The molecular formula is C27H33F3N6O3. The van der Waals surface area contributed by atoms with Gasteiger partial charge in [-0.1, -0.05) is 12.1 Å². The summed E-state index contributed by atoms with van der Waals surface area (Å²) >= 11 is 0. The van der Waals surface area contributed by atoms with Crippen LogP contribution in [-0.4, -0.2) is 74.3 Å². The number of halogens is 3. The maximum atomic E-state index is 15.3. The Bertz CT molecular complexity index is 1380. The second-order valence-corrected chi connectivity index (χ2v) is 10.5. The maximum absolute atomic E-state index is 15.3. The van der Waals surface area contributed by atoms with Gasteiger partial charge in [-0.2, -0.15) is 8.78 Å². The quantitative estimate of drug-likeness (QED) is 0.461. The van der Waals surface area contributed by atoms with Crippen molar-refractivity contribution in [2.75, 3.05) is 32.0 Å². The highest BCUT2D eigenvalue weighted by atomic mass is 19.3. The number of likely N-dealkylation sites (N-methyl/N-ethyl adjacent to an activating group) is 1. The van der Waals surface area contributed by atoms with Gasteiger partial charge in [0, 0.05) is 42.7 Å². The van der Waals surface area contributed by atoms with Crippen LogP contribution in [0.4, 0.5) is 23.8 Å². The highest BCUT2D eigenvalue weighted by Gasteiger charge is 2.49. The molecule has 2 aromatic heterocycles. The van der Waals surface area contributed by atoms with E-state index in [-0.39, 0.29) is 23.3 Å². The molecule has 12 heteroatoms. The minimum atomic E-state index is -3.82. The number of ether oxygens (including phenoxy) is 1. The van der Waals surface area contributed by atoms with Crippen molar-refractivity contribution in [3.63, 3.8) is 0 Å². The number of fused-ring (bicyclic) bond motifs is 1. The van der Waals surface area contributed by atoms with Crippen molar-refractivity contribution in [2.45, 2.75) is 58.2 Å². The Morgan fingerprint density at radius 2 is 1.97 bits per heavy atom. The minimum absolute atomic E-state index is 0.0322. The number of amides is 1. The van der Waals surface area contributed by atoms with E-state index in [1.807, 2.05) is 14.0 Å². The van der Waals surface area contributed by atoms with Crippen LogP contribution in [0.5, 0.6) is 5.88 Å². The second-order valence-electron chi connectivity index (χ2n) is 10.5. The Hall–Kier alpha value is -3.51. The summed E-state index contributed by atoms with van der Waals surface area (Å²) in [7, 11) is 1.99. The van der Waals surface area contributed by atoms with Crippen LogP contribution in [0, 0.1) is 12.7 Å². The zero-order valence-electron chi connectivity index (χ0n) is 22.8. The topological polar surface area (TPSA) is 104 Å². The Balaban J connectivity index is 1.63. The molecule has 3 heterocycles. The molecule has 0 radical (unpaired) electrons. The molecule has 0 bridgehead atoms. The van der Waals surface area contributed by atoms with Crippen LogP contribution >= 0.6 is 0 Å². The number of hydrogen-bond acceptors (Lipinski definition) is 8. The fourth-order valence-corrected chi connectivity index (χ4v) is 4.59. The first kappa shape index (κ1) is 28.5. The van der Waals surface area contributed by atoms with Gasteiger partial charge in [-0.25, -0.2) is 24.1 Å². The number of anilines is 1. The zero-order chi connectivity index (χ0) is 28.7. The molecule has 0 unspecified atom stereocenters. The molecule has 0 saturated carbocycles. The van der Waals surface area contributed by atoms with E-state index in [1.54, 1.807) is 18.7 Å². The third-order valence-corrected chi connectivity index (χ3v) is 6.88. The maximum Gasteiger partial charge on any atom is 0.416 e. The highest BCUT2D eigenvalue weighted by molar-refractivity contribution is 5.89. The number of piperazine rings is 1. The summed E-state index contributed by atoms with van der Waals surface area (Å²) in [4.78, 5) is 29.6. The number of alkyl halides is 2. The van der Waals surface area contributed by atoms with Gasteiger partial charge in [-0.3, -0.25) is 0 Å². The molecular weight excluding hydrogens is 513 g/mol. The van der Waals surface area contributed by atoms with Crippen molar-refractivity contribution in [3.8, 4) is 5.88 Å². The first-order valence-corrected chi connectivity index (χ1v) is 12.7. The molecule has 1 saturated heterocycles. The lowest BCUT2D eigenvalue weighted by molar-refractivity contribution is -0.170. The molecule has 1 fully saturated rings. The first-order chi connectivity index (χ1) is 18.2. The largest absolute Gasteiger partial charge is 0.416 e. The number of carbonyl (C=O) groups excluding carboxylic acids is 1. The first-order valence-electron chi connectivity index (χ1n) is 12.7. The van der Waals surface area contributed by atoms with Gasteiger partial charge in [0.2, 0.25) is 5.88 Å². The monoisotopic (exact) mass is 546 g/mol. The van der Waals surface area contributed by atoms with Crippen LogP contribution in [0.3, 0.4) is 0 Å². The van der Waals surface area contributed by atoms with Crippen molar-refractivity contribution >= 4 is 22.8 Å². The molecule has 1 aromatic carbocycles. The molecule has 4 rings (SSSR count). The molecule has 39 heavy (non-hydrogen) atoms. The predicted octanol–water partition coefficient (Wildman–Crippen LogP) is 4.64. The van der Waals surface area contributed by atoms with Crippen molar-refractivity contribution in [1.29, 1.82) is 0 Å². The van der Waals surface area contributed by atoms with Gasteiger partial charge in [-0.05, 0) is 47.7 Å². The summed E-state index contributed by atoms with van der Waals surface area (Å²) < 4.78 is 50.5. The minimum Gasteiger partial charge on any atom is -0.391 e. The third-order valence-electron chi connectivity index (χ3n) is 6.88. The van der Waals surface area contributed by atoms with Crippen LogP contribution in [0.15, 0.2) is 30.5 Å². The number of hydrogen-bond donors (Lipinski definition) is 2. The smallest absolute Gasteiger partial charge is 0.391 e. The lowest BCUT2D eigenvalue weighted by atomic mass is 9.91. The number of nitrogens with zero attached hydrogens (tertiary/aromatic N) is 5. The van der Waals surface area contributed by atoms with E-state index in [4.69, 9.17) is 4.74 Å².